The predicted molar refractivity (Wildman–Crippen MR) is 128 cm³/mol. The number of ketones is 1. The Hall–Kier alpha value is -3.70. The first-order valence-electron chi connectivity index (χ1n) is 10.9. The van der Waals surface area contributed by atoms with Crippen LogP contribution in [0.4, 0.5) is 17.6 Å². The van der Waals surface area contributed by atoms with Crippen LogP contribution in [0.5, 0.6) is 5.75 Å². The summed E-state index contributed by atoms with van der Waals surface area (Å²) in [4.78, 5) is 31.1. The van der Waals surface area contributed by atoms with Crippen LogP contribution < -0.4 is 10.4 Å². The molecular formula is C25H20ClF4N3O4. The lowest BCUT2D eigenvalue weighted by atomic mass is 9.89. The van der Waals surface area contributed by atoms with Gasteiger partial charge in [-0.1, -0.05) is 11.6 Å². The highest BCUT2D eigenvalue weighted by molar-refractivity contribution is 6.31. The summed E-state index contributed by atoms with van der Waals surface area (Å²) < 4.78 is 62.7. The number of aromatic amines is 1. The number of hydrogen-bond donors (Lipinski definition) is 2. The Labute approximate surface area is 212 Å². The Morgan fingerprint density at radius 1 is 1.16 bits per heavy atom. The highest BCUT2D eigenvalue weighted by Crippen LogP contribution is 2.43. The molecule has 1 atom stereocenters. The number of nitrogens with zero attached hydrogens (tertiary/aromatic N) is 2. The van der Waals surface area contributed by atoms with Crippen molar-refractivity contribution < 1.29 is 32.2 Å². The van der Waals surface area contributed by atoms with E-state index in [0.29, 0.717) is 11.0 Å². The van der Waals surface area contributed by atoms with Crippen LogP contribution in [-0.4, -0.2) is 38.7 Å². The van der Waals surface area contributed by atoms with Gasteiger partial charge in [0.2, 0.25) is 5.60 Å². The molecule has 2 heterocycles. The number of hydrogen-bond acceptors (Lipinski definition) is 5. The van der Waals surface area contributed by atoms with Crippen molar-refractivity contribution in [2.45, 2.75) is 24.6 Å². The average molecular weight is 538 g/mol. The lowest BCUT2D eigenvalue weighted by molar-refractivity contribution is -0.270. The number of aryl methyl sites for hydroxylation is 1. The van der Waals surface area contributed by atoms with Crippen LogP contribution in [0.25, 0.3) is 22.3 Å². The average Bonchev–Trinajstić information content (AvgIpc) is 3.15. The summed E-state index contributed by atoms with van der Waals surface area (Å²) in [6.07, 6.45) is -6.90. The summed E-state index contributed by atoms with van der Waals surface area (Å²) in [7, 11) is 2.80. The van der Waals surface area contributed by atoms with Gasteiger partial charge in [-0.2, -0.15) is 13.2 Å². The molecule has 194 valence electrons. The summed E-state index contributed by atoms with van der Waals surface area (Å²) in [5.41, 5.74) is -3.66. The number of benzene rings is 2. The zero-order valence-electron chi connectivity index (χ0n) is 19.5. The molecular weight excluding hydrogens is 518 g/mol. The lowest BCUT2D eigenvalue weighted by Crippen LogP contribution is -2.43. The second-order valence-electron chi connectivity index (χ2n) is 8.38. The highest BCUT2D eigenvalue weighted by Gasteiger charge is 2.56. The van der Waals surface area contributed by atoms with Crippen LogP contribution in [0.2, 0.25) is 5.02 Å². The summed E-state index contributed by atoms with van der Waals surface area (Å²) in [6, 6.07) is 9.86. The molecule has 2 aromatic heterocycles. The molecule has 0 aliphatic carbocycles. The van der Waals surface area contributed by atoms with E-state index in [9.17, 15) is 32.3 Å². The molecule has 0 saturated heterocycles. The summed E-state index contributed by atoms with van der Waals surface area (Å²) in [5, 5.41) is 10.6. The normalized spacial score (nSPS) is 13.5. The predicted octanol–water partition coefficient (Wildman–Crippen LogP) is 5.14. The molecule has 37 heavy (non-hydrogen) atoms. The van der Waals surface area contributed by atoms with E-state index in [-0.39, 0.29) is 27.6 Å². The minimum Gasteiger partial charge on any atom is -0.494 e. The Bertz CT molecular complexity index is 1560. The first-order valence-corrected chi connectivity index (χ1v) is 11.3. The number of fused-ring (bicyclic) bond motifs is 1. The van der Waals surface area contributed by atoms with E-state index in [1.807, 2.05) is 0 Å². The van der Waals surface area contributed by atoms with Gasteiger partial charge in [0.05, 0.1) is 28.9 Å². The zero-order valence-corrected chi connectivity index (χ0v) is 20.2. The molecule has 0 bridgehead atoms. The molecule has 0 aliphatic heterocycles. The Kier molecular flexibility index (Phi) is 6.87. The SMILES string of the molecule is COc1ccc(C(O)(CCC(=O)c2ccc3c(c2)[nH]c(=O)n3C)C(F)(F)F)nc1-c1ccc(F)c(Cl)c1. The van der Waals surface area contributed by atoms with E-state index in [1.54, 1.807) is 0 Å². The molecule has 7 nitrogen and oxygen atoms in total. The molecule has 1 unspecified atom stereocenters. The second kappa shape index (κ2) is 9.64. The third-order valence-corrected chi connectivity index (χ3v) is 6.39. The Morgan fingerprint density at radius 3 is 2.54 bits per heavy atom. The maximum atomic E-state index is 14.2. The summed E-state index contributed by atoms with van der Waals surface area (Å²) >= 11 is 5.82. The fraction of sp³-hybridized carbons (Fsp3) is 0.240. The van der Waals surface area contributed by atoms with Gasteiger partial charge in [0.1, 0.15) is 17.3 Å². The van der Waals surface area contributed by atoms with Crippen molar-refractivity contribution >= 4 is 28.4 Å². The number of imidazole rings is 1. The van der Waals surface area contributed by atoms with Gasteiger partial charge in [-0.05, 0) is 55.0 Å². The van der Waals surface area contributed by atoms with Crippen LogP contribution in [0.15, 0.2) is 53.3 Å². The number of rotatable bonds is 7. The van der Waals surface area contributed by atoms with Crippen LogP contribution in [0, 0.1) is 5.82 Å². The van der Waals surface area contributed by atoms with Crippen molar-refractivity contribution in [3.63, 3.8) is 0 Å². The number of H-pyrrole nitrogens is 1. The molecule has 2 N–H and O–H groups in total. The van der Waals surface area contributed by atoms with E-state index < -0.39 is 47.6 Å². The van der Waals surface area contributed by atoms with Gasteiger partial charge in [-0.3, -0.25) is 9.36 Å². The van der Waals surface area contributed by atoms with Gasteiger partial charge in [0.15, 0.2) is 5.78 Å². The highest BCUT2D eigenvalue weighted by atomic mass is 35.5. The molecule has 0 fully saturated rings. The topological polar surface area (TPSA) is 97.2 Å². The van der Waals surface area contributed by atoms with Crippen molar-refractivity contribution in [3.8, 4) is 17.0 Å². The minimum absolute atomic E-state index is 0.0668. The molecule has 2 aromatic carbocycles. The van der Waals surface area contributed by atoms with E-state index in [1.165, 1.54) is 55.1 Å². The van der Waals surface area contributed by atoms with Crippen LogP contribution in [0.1, 0.15) is 28.9 Å². The fourth-order valence-corrected chi connectivity index (χ4v) is 4.14. The number of ether oxygens (including phenoxy) is 1. The van der Waals surface area contributed by atoms with E-state index in [0.717, 1.165) is 12.1 Å². The van der Waals surface area contributed by atoms with Gasteiger partial charge in [0.25, 0.3) is 0 Å². The number of halogens is 5. The molecule has 12 heteroatoms. The van der Waals surface area contributed by atoms with Gasteiger partial charge >= 0.3 is 11.9 Å². The van der Waals surface area contributed by atoms with Crippen molar-refractivity contribution in [2.75, 3.05) is 7.11 Å². The number of aromatic nitrogens is 3. The first-order chi connectivity index (χ1) is 17.4. The maximum Gasteiger partial charge on any atom is 0.422 e. The van der Waals surface area contributed by atoms with Crippen LogP contribution in [0.3, 0.4) is 0 Å². The van der Waals surface area contributed by atoms with Gasteiger partial charge in [0, 0.05) is 24.6 Å². The van der Waals surface area contributed by atoms with E-state index >= 15 is 0 Å². The number of methoxy groups -OCH3 is 1. The third-order valence-electron chi connectivity index (χ3n) is 6.10. The van der Waals surface area contributed by atoms with Gasteiger partial charge in [-0.25, -0.2) is 14.2 Å². The minimum atomic E-state index is -5.19. The molecule has 4 aromatic rings. The number of carbonyl (C=O) groups excluding carboxylic acids is 1. The molecule has 0 radical (unpaired) electrons. The fourth-order valence-electron chi connectivity index (χ4n) is 3.96. The molecule has 0 saturated carbocycles. The van der Waals surface area contributed by atoms with Crippen LogP contribution >= 0.6 is 11.6 Å². The number of aliphatic hydroxyl groups is 1. The lowest BCUT2D eigenvalue weighted by Gasteiger charge is -2.30. The number of nitrogens with one attached hydrogen (secondary N) is 1. The summed E-state index contributed by atoms with van der Waals surface area (Å²) in [5.74, 6) is -1.34. The van der Waals surface area contributed by atoms with E-state index in [2.05, 4.69) is 9.97 Å². The molecule has 4 rings (SSSR count). The standard InChI is InChI=1S/C25H20ClF4N3O4/c1-33-18-6-4-13(12-17(18)31-23(33)35)19(34)9-10-24(36,25(28,29)30)21-8-7-20(37-2)22(32-21)14-3-5-16(27)15(26)11-14/h3-8,11-12,36H,9-10H2,1-2H3,(H,31,35). The second-order valence-corrected chi connectivity index (χ2v) is 8.79. The smallest absolute Gasteiger partial charge is 0.422 e. The Balaban J connectivity index is 1.69. The van der Waals surface area contributed by atoms with Crippen molar-refractivity contribution in [3.05, 3.63) is 81.1 Å². The van der Waals surface area contributed by atoms with Crippen molar-refractivity contribution in [1.82, 2.24) is 14.5 Å². The first kappa shape index (κ1) is 26.4. The number of Topliss-reactive ketones (excluding diaryl/α,β-unsaturated/α-hetero) is 1. The number of pyridine rings is 1. The number of alkyl halides is 3. The zero-order chi connectivity index (χ0) is 27.1. The number of carbonyl (C=O) groups is 1. The molecule has 0 aliphatic rings. The largest absolute Gasteiger partial charge is 0.494 e. The monoisotopic (exact) mass is 537 g/mol. The van der Waals surface area contributed by atoms with E-state index in [4.69, 9.17) is 16.3 Å². The van der Waals surface area contributed by atoms with Crippen molar-refractivity contribution in [2.24, 2.45) is 7.05 Å². The quantitative estimate of drug-likeness (QED) is 0.251. The summed E-state index contributed by atoms with van der Waals surface area (Å²) in [6.45, 7) is 0. The molecule has 0 spiro atoms. The Morgan fingerprint density at radius 2 is 1.89 bits per heavy atom. The van der Waals surface area contributed by atoms with Crippen molar-refractivity contribution in [1.29, 1.82) is 0 Å². The van der Waals surface area contributed by atoms with Crippen LogP contribution in [-0.2, 0) is 12.6 Å². The maximum absolute atomic E-state index is 14.2. The molecule has 0 amide bonds. The third kappa shape index (κ3) is 4.84. The van der Waals surface area contributed by atoms with Gasteiger partial charge in [-0.15, -0.1) is 0 Å². The van der Waals surface area contributed by atoms with Gasteiger partial charge < -0.3 is 14.8 Å².